The number of ether oxygens (including phenoxy) is 1. The van der Waals surface area contributed by atoms with Crippen molar-refractivity contribution in [1.29, 1.82) is 5.41 Å². The normalized spacial score (nSPS) is 12.8. The number of alkyl halides is 3. The second-order valence-electron chi connectivity index (χ2n) is 6.30. The van der Waals surface area contributed by atoms with Crippen LogP contribution in [0.1, 0.15) is 4.88 Å². The molecule has 0 aliphatic rings. The topological polar surface area (TPSA) is 96.3 Å². The van der Waals surface area contributed by atoms with Gasteiger partial charge in [-0.25, -0.2) is 8.42 Å². The summed E-state index contributed by atoms with van der Waals surface area (Å²) < 4.78 is 67.3. The SMILES string of the molecule is CSCOC(=O)CN/C(=C(/Br)C(=N)C(F)(F)F)c1ccc(-c2cccc(S(C)(=O)=O)c2)s1. The molecule has 0 unspecified atom stereocenters. The lowest BCUT2D eigenvalue weighted by molar-refractivity contribution is -0.140. The fourth-order valence-corrected chi connectivity index (χ4v) is 5.02. The number of rotatable bonds is 9. The number of carbonyl (C=O) groups excluding carboxylic acids is 1. The molecule has 0 saturated heterocycles. The number of esters is 1. The molecule has 0 spiro atoms. The zero-order chi connectivity index (χ0) is 24.1. The van der Waals surface area contributed by atoms with E-state index in [1.165, 1.54) is 30.0 Å². The maximum Gasteiger partial charge on any atom is 0.433 e. The Labute approximate surface area is 199 Å². The third-order valence-electron chi connectivity index (χ3n) is 3.87. The monoisotopic (exact) mass is 570 g/mol. The Hall–Kier alpha value is -1.83. The van der Waals surface area contributed by atoms with Crippen molar-refractivity contribution in [1.82, 2.24) is 5.32 Å². The number of nitrogens with one attached hydrogen (secondary N) is 2. The summed E-state index contributed by atoms with van der Waals surface area (Å²) in [6.07, 6.45) is -2.11. The summed E-state index contributed by atoms with van der Waals surface area (Å²) in [5.74, 6) is -0.577. The van der Waals surface area contributed by atoms with Gasteiger partial charge in [0.1, 0.15) is 12.5 Å². The van der Waals surface area contributed by atoms with Gasteiger partial charge in [-0.05, 0) is 52.0 Å². The van der Waals surface area contributed by atoms with Crippen LogP contribution in [0.2, 0.25) is 0 Å². The molecule has 1 aromatic carbocycles. The van der Waals surface area contributed by atoms with E-state index in [-0.39, 0.29) is 16.5 Å². The standard InChI is InChI=1S/C19H18BrF3N2O4S3/c1-30-10-29-15(26)9-25-17(16(20)18(24)19(21,22)23)14-7-6-13(31-14)11-4-3-5-12(8-11)32(2,27)28/h3-8,24-25H,9-10H2,1-2H3/b17-16+,24-18?. The highest BCUT2D eigenvalue weighted by atomic mass is 79.9. The number of carbonyl (C=O) groups is 1. The summed E-state index contributed by atoms with van der Waals surface area (Å²) >= 11 is 5.17. The van der Waals surface area contributed by atoms with Crippen LogP contribution in [0.4, 0.5) is 13.2 Å². The summed E-state index contributed by atoms with van der Waals surface area (Å²) in [6, 6.07) is 9.29. The van der Waals surface area contributed by atoms with Gasteiger partial charge in [-0.3, -0.25) is 10.2 Å². The zero-order valence-electron chi connectivity index (χ0n) is 16.7. The van der Waals surface area contributed by atoms with Gasteiger partial charge in [0, 0.05) is 11.1 Å². The van der Waals surface area contributed by atoms with Crippen molar-refractivity contribution < 1.29 is 31.1 Å². The van der Waals surface area contributed by atoms with Crippen LogP contribution < -0.4 is 5.32 Å². The van der Waals surface area contributed by atoms with Gasteiger partial charge >= 0.3 is 12.1 Å². The van der Waals surface area contributed by atoms with Crippen LogP contribution in [0.3, 0.4) is 0 Å². The molecule has 0 saturated carbocycles. The Kier molecular flexibility index (Phi) is 8.97. The van der Waals surface area contributed by atoms with Gasteiger partial charge in [0.05, 0.1) is 20.0 Å². The maximum atomic E-state index is 13.1. The molecular formula is C19H18BrF3N2O4S3. The third kappa shape index (κ3) is 7.09. The van der Waals surface area contributed by atoms with Crippen molar-refractivity contribution in [2.75, 3.05) is 25.0 Å². The second-order valence-corrected chi connectivity index (χ2v) is 11.0. The smallest absolute Gasteiger partial charge is 0.433 e. The molecule has 32 heavy (non-hydrogen) atoms. The molecule has 13 heteroatoms. The molecule has 0 bridgehead atoms. The summed E-state index contributed by atoms with van der Waals surface area (Å²) in [6.45, 7) is -0.410. The Morgan fingerprint density at radius 3 is 2.56 bits per heavy atom. The minimum atomic E-state index is -4.91. The van der Waals surface area contributed by atoms with Crippen molar-refractivity contribution in [2.45, 2.75) is 11.1 Å². The summed E-state index contributed by atoms with van der Waals surface area (Å²) in [4.78, 5) is 12.8. The third-order valence-corrected chi connectivity index (χ3v) is 7.28. The van der Waals surface area contributed by atoms with E-state index >= 15 is 0 Å². The highest BCUT2D eigenvalue weighted by molar-refractivity contribution is 9.12. The number of hydrogen-bond donors (Lipinski definition) is 2. The van der Waals surface area contributed by atoms with Crippen molar-refractivity contribution >= 4 is 66.2 Å². The fraction of sp³-hybridized carbons (Fsp3) is 0.263. The second kappa shape index (κ2) is 10.9. The first-order valence-electron chi connectivity index (χ1n) is 8.69. The summed E-state index contributed by atoms with van der Waals surface area (Å²) in [5.41, 5.74) is -1.17. The average molecular weight is 571 g/mol. The molecular weight excluding hydrogens is 553 g/mol. The van der Waals surface area contributed by atoms with Gasteiger partial charge < -0.3 is 10.1 Å². The Morgan fingerprint density at radius 1 is 1.28 bits per heavy atom. The molecule has 0 radical (unpaired) electrons. The molecule has 0 amide bonds. The van der Waals surface area contributed by atoms with Crippen molar-refractivity contribution in [3.05, 3.63) is 45.8 Å². The van der Waals surface area contributed by atoms with Crippen LogP contribution in [0, 0.1) is 5.41 Å². The van der Waals surface area contributed by atoms with E-state index in [0.29, 0.717) is 15.3 Å². The minimum Gasteiger partial charge on any atom is -0.453 e. The molecule has 0 aliphatic carbocycles. The predicted molar refractivity (Wildman–Crippen MR) is 125 cm³/mol. The lowest BCUT2D eigenvalue weighted by atomic mass is 10.2. The van der Waals surface area contributed by atoms with Gasteiger partial charge in [-0.2, -0.15) is 13.2 Å². The van der Waals surface area contributed by atoms with Gasteiger partial charge in [0.25, 0.3) is 0 Å². The fourth-order valence-electron chi connectivity index (χ4n) is 2.37. The quantitative estimate of drug-likeness (QED) is 0.252. The number of sulfone groups is 1. The van der Waals surface area contributed by atoms with Crippen LogP contribution in [0.25, 0.3) is 16.1 Å². The summed E-state index contributed by atoms with van der Waals surface area (Å²) in [5, 5.41) is 10.1. The number of benzene rings is 1. The van der Waals surface area contributed by atoms with E-state index in [2.05, 4.69) is 21.2 Å². The van der Waals surface area contributed by atoms with E-state index in [1.54, 1.807) is 24.5 Å². The number of hydrogen-bond acceptors (Lipinski definition) is 8. The number of halogens is 4. The largest absolute Gasteiger partial charge is 0.453 e. The molecule has 6 nitrogen and oxygen atoms in total. The van der Waals surface area contributed by atoms with Crippen LogP contribution in [-0.2, 0) is 19.4 Å². The lowest BCUT2D eigenvalue weighted by Crippen LogP contribution is -2.28. The van der Waals surface area contributed by atoms with Gasteiger partial charge in [0.15, 0.2) is 15.5 Å². The minimum absolute atomic E-state index is 0.0962. The van der Waals surface area contributed by atoms with Crippen molar-refractivity contribution in [3.8, 4) is 10.4 Å². The molecule has 0 fully saturated rings. The number of thiophene rings is 1. The van der Waals surface area contributed by atoms with Gasteiger partial charge in [-0.15, -0.1) is 23.1 Å². The van der Waals surface area contributed by atoms with Crippen LogP contribution >= 0.6 is 39.0 Å². The molecule has 2 N–H and O–H groups in total. The molecule has 2 aromatic rings. The number of allylic oxidation sites excluding steroid dienone is 1. The molecule has 1 aromatic heterocycles. The van der Waals surface area contributed by atoms with E-state index in [1.807, 2.05) is 0 Å². The first-order valence-corrected chi connectivity index (χ1v) is 13.6. The van der Waals surface area contributed by atoms with E-state index in [0.717, 1.165) is 17.6 Å². The van der Waals surface area contributed by atoms with Crippen LogP contribution in [0.15, 0.2) is 45.8 Å². The lowest BCUT2D eigenvalue weighted by Gasteiger charge is -2.14. The van der Waals surface area contributed by atoms with E-state index in [4.69, 9.17) is 10.1 Å². The molecule has 2 rings (SSSR count). The van der Waals surface area contributed by atoms with Crippen LogP contribution in [-0.4, -0.2) is 51.3 Å². The first-order chi connectivity index (χ1) is 14.8. The molecule has 174 valence electrons. The molecule has 1 heterocycles. The predicted octanol–water partition coefficient (Wildman–Crippen LogP) is 4.92. The maximum absolute atomic E-state index is 13.1. The Bertz CT molecular complexity index is 1140. The van der Waals surface area contributed by atoms with Crippen molar-refractivity contribution in [2.24, 2.45) is 0 Å². The Balaban J connectivity index is 2.44. The molecule has 0 atom stereocenters. The van der Waals surface area contributed by atoms with Crippen molar-refractivity contribution in [3.63, 3.8) is 0 Å². The van der Waals surface area contributed by atoms with Gasteiger partial charge in [0.2, 0.25) is 0 Å². The van der Waals surface area contributed by atoms with E-state index < -0.39 is 38.7 Å². The van der Waals surface area contributed by atoms with Gasteiger partial charge in [-0.1, -0.05) is 12.1 Å². The average Bonchev–Trinajstić information content (AvgIpc) is 3.20. The Morgan fingerprint density at radius 2 is 1.97 bits per heavy atom. The number of thioether (sulfide) groups is 1. The molecule has 0 aliphatic heterocycles. The van der Waals surface area contributed by atoms with E-state index in [9.17, 15) is 26.4 Å². The summed E-state index contributed by atoms with van der Waals surface area (Å²) in [7, 11) is -3.44. The zero-order valence-corrected chi connectivity index (χ0v) is 20.8. The first kappa shape index (κ1) is 26.4. The highest BCUT2D eigenvalue weighted by Gasteiger charge is 2.37. The highest BCUT2D eigenvalue weighted by Crippen LogP contribution is 2.36. The van der Waals surface area contributed by atoms with Crippen LogP contribution in [0.5, 0.6) is 0 Å².